The van der Waals surface area contributed by atoms with Crippen LogP contribution in [-0.4, -0.2) is 70.0 Å². The molecule has 0 aromatic heterocycles. The Labute approximate surface area is 298 Å². The van der Waals surface area contributed by atoms with Gasteiger partial charge in [0.1, 0.15) is 19.3 Å². The fourth-order valence-corrected chi connectivity index (χ4v) is 5.07. The molecule has 0 amide bonds. The number of allylic oxidation sites excluding steroid dienone is 7. The maximum Gasteiger partial charge on any atom is 0.305 e. The molecule has 0 saturated heterocycles. The van der Waals surface area contributed by atoms with E-state index in [0.29, 0.717) is 19.3 Å². The van der Waals surface area contributed by atoms with E-state index in [2.05, 4.69) is 6.92 Å². The van der Waals surface area contributed by atoms with Gasteiger partial charge in [0.15, 0.2) is 0 Å². The number of hydrogen-bond donors (Lipinski definition) is 4. The first kappa shape index (κ1) is 46.5. The average molecular weight is 691 g/mol. The molecule has 0 heterocycles. The van der Waals surface area contributed by atoms with E-state index in [1.165, 1.54) is 83.1 Å². The summed E-state index contributed by atoms with van der Waals surface area (Å²) >= 11 is 0. The Hall–Kier alpha value is -2.52. The van der Waals surface area contributed by atoms with Crippen molar-refractivity contribution in [1.82, 2.24) is 0 Å². The predicted octanol–water partition coefficient (Wildman–Crippen LogP) is 8.53. The van der Waals surface area contributed by atoms with Crippen molar-refractivity contribution in [2.45, 2.75) is 173 Å². The van der Waals surface area contributed by atoms with Crippen LogP contribution in [0, 0.1) is 0 Å². The van der Waals surface area contributed by atoms with E-state index in [-0.39, 0.29) is 32.0 Å². The molecule has 0 aliphatic carbocycles. The minimum atomic E-state index is -1.09. The molecule has 49 heavy (non-hydrogen) atoms. The normalized spacial score (nSPS) is 14.8. The lowest BCUT2D eigenvalue weighted by molar-refractivity contribution is -0.152. The second-order valence-corrected chi connectivity index (χ2v) is 12.9. The minimum absolute atomic E-state index is 0.0288. The average Bonchev–Trinajstić information content (AvgIpc) is 3.09. The molecule has 0 rings (SSSR count). The van der Waals surface area contributed by atoms with Crippen molar-refractivity contribution >= 4 is 11.9 Å². The van der Waals surface area contributed by atoms with Gasteiger partial charge in [-0.2, -0.15) is 0 Å². The maximum absolute atomic E-state index is 12.0. The van der Waals surface area contributed by atoms with Crippen LogP contribution >= 0.6 is 0 Å². The summed E-state index contributed by atoms with van der Waals surface area (Å²) in [7, 11) is 0. The largest absolute Gasteiger partial charge is 0.463 e. The van der Waals surface area contributed by atoms with E-state index in [0.717, 1.165) is 25.7 Å². The van der Waals surface area contributed by atoms with Crippen molar-refractivity contribution < 1.29 is 39.5 Å². The van der Waals surface area contributed by atoms with Gasteiger partial charge in [0.25, 0.3) is 0 Å². The number of carbonyl (C=O) groups is 2. The van der Waals surface area contributed by atoms with E-state index >= 15 is 0 Å². The molecule has 0 aromatic carbocycles. The van der Waals surface area contributed by atoms with Crippen LogP contribution in [0.3, 0.4) is 0 Å². The molecule has 0 saturated carbocycles. The van der Waals surface area contributed by atoms with Gasteiger partial charge in [-0.1, -0.05) is 164 Å². The number of esters is 2. The molecule has 0 bridgehead atoms. The highest BCUT2D eigenvalue weighted by molar-refractivity contribution is 5.69. The lowest BCUT2D eigenvalue weighted by Gasteiger charge is -2.14. The molecule has 0 unspecified atom stereocenters. The van der Waals surface area contributed by atoms with Gasteiger partial charge in [0.2, 0.25) is 0 Å². The van der Waals surface area contributed by atoms with Crippen molar-refractivity contribution in [1.29, 1.82) is 0 Å². The van der Waals surface area contributed by atoms with E-state index in [4.69, 9.17) is 9.47 Å². The summed E-state index contributed by atoms with van der Waals surface area (Å²) in [6, 6.07) is 0. The standard InChI is InChI=1S/C41H70O8/c1-3-5-7-8-9-10-11-12-13-14-15-16-17-22-26-32-40(46)48-34-37(43)35-49-41(47)33-27-31-39(45)38(44)30-25-21-19-18-20-24-29-36(42)28-23-6-4-2/h6,18-21,23-25,29-30,36-39,42-45H,3-5,7-17,22,26-28,31-35H2,1-2H3/b20-18+,21-19-,23-6-,29-24+,30-25-/t36-,37-,38+,39+/m1/s1. The molecule has 0 spiro atoms. The SMILES string of the molecule is CC/C=C\C[C@@H](O)/C=C/C=C/C=C\C=C/[C@H](O)[C@@H](O)CCCC(=O)OC[C@H](O)COC(=O)CCCCCCCCCCCCCCCCC. The van der Waals surface area contributed by atoms with E-state index in [9.17, 15) is 30.0 Å². The number of hydrogen-bond acceptors (Lipinski definition) is 8. The lowest BCUT2D eigenvalue weighted by atomic mass is 10.0. The molecule has 8 heteroatoms. The summed E-state index contributed by atoms with van der Waals surface area (Å²) in [5.74, 6) is -0.887. The van der Waals surface area contributed by atoms with Gasteiger partial charge < -0.3 is 29.9 Å². The molecule has 0 radical (unpaired) electrons. The van der Waals surface area contributed by atoms with Gasteiger partial charge in [-0.25, -0.2) is 0 Å². The minimum Gasteiger partial charge on any atom is -0.463 e. The summed E-state index contributed by atoms with van der Waals surface area (Å²) in [6.07, 6.45) is 35.1. The third-order valence-corrected chi connectivity index (χ3v) is 8.11. The van der Waals surface area contributed by atoms with E-state index in [1.54, 1.807) is 42.5 Å². The van der Waals surface area contributed by atoms with Gasteiger partial charge >= 0.3 is 11.9 Å². The zero-order valence-corrected chi connectivity index (χ0v) is 30.8. The summed E-state index contributed by atoms with van der Waals surface area (Å²) in [5.41, 5.74) is 0. The van der Waals surface area contributed by atoms with Crippen LogP contribution in [0.25, 0.3) is 0 Å². The van der Waals surface area contributed by atoms with Gasteiger partial charge in [-0.05, 0) is 32.1 Å². The lowest BCUT2D eigenvalue weighted by Crippen LogP contribution is -2.26. The molecule has 0 fully saturated rings. The number of carbonyl (C=O) groups excluding carboxylic acids is 2. The Morgan fingerprint density at radius 3 is 1.51 bits per heavy atom. The van der Waals surface area contributed by atoms with Crippen molar-refractivity contribution in [3.05, 3.63) is 60.8 Å². The number of unbranched alkanes of at least 4 members (excludes halogenated alkanes) is 14. The van der Waals surface area contributed by atoms with Crippen LogP contribution in [-0.2, 0) is 19.1 Å². The van der Waals surface area contributed by atoms with Crippen LogP contribution in [0.15, 0.2) is 60.8 Å². The highest BCUT2D eigenvalue weighted by atomic mass is 16.6. The van der Waals surface area contributed by atoms with Crippen LogP contribution in [0.2, 0.25) is 0 Å². The van der Waals surface area contributed by atoms with Gasteiger partial charge in [-0.15, -0.1) is 0 Å². The second kappa shape index (κ2) is 35.3. The Kier molecular flexibility index (Phi) is 33.5. The quantitative estimate of drug-likeness (QED) is 0.0233. The first-order chi connectivity index (χ1) is 23.8. The molecule has 0 aromatic rings. The Balaban J connectivity index is 3.79. The molecule has 8 nitrogen and oxygen atoms in total. The Morgan fingerprint density at radius 2 is 1.00 bits per heavy atom. The summed E-state index contributed by atoms with van der Waals surface area (Å²) < 4.78 is 10.2. The van der Waals surface area contributed by atoms with Crippen molar-refractivity contribution in [3.8, 4) is 0 Å². The van der Waals surface area contributed by atoms with Crippen LogP contribution < -0.4 is 0 Å². The smallest absolute Gasteiger partial charge is 0.305 e. The number of rotatable bonds is 33. The Bertz CT molecular complexity index is 922. The zero-order chi connectivity index (χ0) is 36.2. The summed E-state index contributed by atoms with van der Waals surface area (Å²) in [6.45, 7) is 3.81. The molecule has 0 aliphatic heterocycles. The molecule has 4 atom stereocenters. The molecule has 282 valence electrons. The zero-order valence-electron chi connectivity index (χ0n) is 30.8. The van der Waals surface area contributed by atoms with Crippen molar-refractivity contribution in [2.75, 3.05) is 13.2 Å². The highest BCUT2D eigenvalue weighted by Crippen LogP contribution is 2.14. The van der Waals surface area contributed by atoms with Crippen molar-refractivity contribution in [3.63, 3.8) is 0 Å². The maximum atomic E-state index is 12.0. The van der Waals surface area contributed by atoms with Crippen LogP contribution in [0.5, 0.6) is 0 Å². The van der Waals surface area contributed by atoms with Crippen molar-refractivity contribution in [2.24, 2.45) is 0 Å². The molecule has 0 aliphatic rings. The van der Waals surface area contributed by atoms with Crippen LogP contribution in [0.4, 0.5) is 0 Å². The predicted molar refractivity (Wildman–Crippen MR) is 200 cm³/mol. The fraction of sp³-hybridized carbons (Fsp3) is 0.707. The molecular weight excluding hydrogens is 620 g/mol. The first-order valence-electron chi connectivity index (χ1n) is 19.2. The number of aliphatic hydroxyl groups excluding tert-OH is 4. The second-order valence-electron chi connectivity index (χ2n) is 12.9. The molecule has 4 N–H and O–H groups in total. The topological polar surface area (TPSA) is 134 Å². The van der Waals surface area contributed by atoms with Gasteiger partial charge in [-0.3, -0.25) is 9.59 Å². The Morgan fingerprint density at radius 1 is 0.551 bits per heavy atom. The van der Waals surface area contributed by atoms with Crippen LogP contribution in [0.1, 0.15) is 149 Å². The third kappa shape index (κ3) is 33.7. The number of aliphatic hydroxyl groups is 4. The van der Waals surface area contributed by atoms with E-state index < -0.39 is 30.4 Å². The third-order valence-electron chi connectivity index (χ3n) is 8.11. The van der Waals surface area contributed by atoms with Gasteiger partial charge in [0.05, 0.1) is 18.3 Å². The summed E-state index contributed by atoms with van der Waals surface area (Å²) in [4.78, 5) is 23.9. The van der Waals surface area contributed by atoms with E-state index in [1.807, 2.05) is 19.1 Å². The molecular formula is C41H70O8. The monoisotopic (exact) mass is 691 g/mol. The highest BCUT2D eigenvalue weighted by Gasteiger charge is 2.15. The summed E-state index contributed by atoms with van der Waals surface area (Å²) in [5, 5.41) is 40.0. The van der Waals surface area contributed by atoms with Gasteiger partial charge in [0, 0.05) is 12.8 Å². The first-order valence-corrected chi connectivity index (χ1v) is 19.2. The number of ether oxygens (including phenoxy) is 2. The fourth-order valence-electron chi connectivity index (χ4n) is 5.07.